The Morgan fingerprint density at radius 1 is 1.58 bits per heavy atom. The molecular formula is C9H10BrNS. The van der Waals surface area contributed by atoms with Gasteiger partial charge in [0.05, 0.1) is 0 Å². The first kappa shape index (κ1) is 8.60. The molecule has 1 atom stereocenters. The molecule has 0 fully saturated rings. The zero-order chi connectivity index (χ0) is 8.55. The molecular weight excluding hydrogens is 234 g/mol. The van der Waals surface area contributed by atoms with Crippen LogP contribution in [0.1, 0.15) is 11.5 Å². The summed E-state index contributed by atoms with van der Waals surface area (Å²) in [6.45, 7) is 0.753. The lowest BCUT2D eigenvalue weighted by atomic mass is 10.0. The van der Waals surface area contributed by atoms with Crippen LogP contribution < -0.4 is 5.73 Å². The fourth-order valence-corrected chi connectivity index (χ4v) is 3.61. The van der Waals surface area contributed by atoms with Crippen LogP contribution in [0.4, 0.5) is 0 Å². The van der Waals surface area contributed by atoms with Gasteiger partial charge in [-0.3, -0.25) is 0 Å². The Balaban J connectivity index is 2.48. The Morgan fingerprint density at radius 3 is 3.17 bits per heavy atom. The zero-order valence-electron chi connectivity index (χ0n) is 6.59. The van der Waals surface area contributed by atoms with Crippen molar-refractivity contribution in [1.29, 1.82) is 0 Å². The van der Waals surface area contributed by atoms with Gasteiger partial charge in [0.1, 0.15) is 0 Å². The smallest absolute Gasteiger partial charge is 0.0222 e. The van der Waals surface area contributed by atoms with Crippen LogP contribution in [0.5, 0.6) is 0 Å². The quantitative estimate of drug-likeness (QED) is 0.821. The summed E-state index contributed by atoms with van der Waals surface area (Å²) in [4.78, 5) is 1.39. The van der Waals surface area contributed by atoms with Crippen molar-refractivity contribution < 1.29 is 0 Å². The summed E-state index contributed by atoms with van der Waals surface area (Å²) in [6.07, 6.45) is 0. The van der Waals surface area contributed by atoms with Crippen LogP contribution in [0.25, 0.3) is 0 Å². The van der Waals surface area contributed by atoms with Gasteiger partial charge in [-0.1, -0.05) is 22.0 Å². The van der Waals surface area contributed by atoms with E-state index in [9.17, 15) is 0 Å². The minimum Gasteiger partial charge on any atom is -0.330 e. The molecule has 0 amide bonds. The third kappa shape index (κ3) is 1.30. The molecule has 1 aromatic carbocycles. The van der Waals surface area contributed by atoms with E-state index in [0.29, 0.717) is 5.92 Å². The topological polar surface area (TPSA) is 26.0 Å². The van der Waals surface area contributed by atoms with Gasteiger partial charge in [-0.15, -0.1) is 11.8 Å². The summed E-state index contributed by atoms with van der Waals surface area (Å²) in [6, 6.07) is 6.34. The monoisotopic (exact) mass is 243 g/mol. The molecule has 0 saturated heterocycles. The molecule has 2 rings (SSSR count). The van der Waals surface area contributed by atoms with Crippen molar-refractivity contribution in [3.05, 3.63) is 28.2 Å². The average Bonchev–Trinajstić information content (AvgIpc) is 2.49. The fraction of sp³-hybridized carbons (Fsp3) is 0.333. The molecule has 3 heteroatoms. The van der Waals surface area contributed by atoms with Gasteiger partial charge < -0.3 is 5.73 Å². The summed E-state index contributed by atoms with van der Waals surface area (Å²) in [5, 5.41) is 0. The highest BCUT2D eigenvalue weighted by atomic mass is 79.9. The molecule has 1 heterocycles. The van der Waals surface area contributed by atoms with Crippen LogP contribution in [0, 0.1) is 0 Å². The van der Waals surface area contributed by atoms with Crippen molar-refractivity contribution in [2.45, 2.75) is 10.8 Å². The van der Waals surface area contributed by atoms with Gasteiger partial charge in [0, 0.05) is 27.6 Å². The number of nitrogens with two attached hydrogens (primary N) is 1. The van der Waals surface area contributed by atoms with Gasteiger partial charge in [-0.2, -0.15) is 0 Å². The predicted molar refractivity (Wildman–Crippen MR) is 56.7 cm³/mol. The number of benzene rings is 1. The molecule has 0 aliphatic carbocycles. The van der Waals surface area contributed by atoms with Gasteiger partial charge in [0.15, 0.2) is 0 Å². The predicted octanol–water partition coefficient (Wildman–Crippen LogP) is 2.60. The molecule has 1 nitrogen and oxygen atoms in total. The second kappa shape index (κ2) is 3.40. The van der Waals surface area contributed by atoms with E-state index < -0.39 is 0 Å². The maximum atomic E-state index is 5.68. The van der Waals surface area contributed by atoms with E-state index >= 15 is 0 Å². The maximum absolute atomic E-state index is 5.68. The highest BCUT2D eigenvalue weighted by molar-refractivity contribution is 9.10. The molecule has 0 bridgehead atoms. The molecule has 0 radical (unpaired) electrons. The normalized spacial score (nSPS) is 21.0. The van der Waals surface area contributed by atoms with Crippen molar-refractivity contribution >= 4 is 27.7 Å². The summed E-state index contributed by atoms with van der Waals surface area (Å²) in [5.74, 6) is 1.68. The maximum Gasteiger partial charge on any atom is 0.0222 e. The highest BCUT2D eigenvalue weighted by Gasteiger charge is 2.23. The third-order valence-electron chi connectivity index (χ3n) is 2.15. The van der Waals surface area contributed by atoms with Crippen LogP contribution in [0.3, 0.4) is 0 Å². The van der Waals surface area contributed by atoms with Crippen LogP contribution in [-0.2, 0) is 0 Å². The summed E-state index contributed by atoms with van der Waals surface area (Å²) in [7, 11) is 0. The lowest BCUT2D eigenvalue weighted by molar-refractivity contribution is 0.783. The van der Waals surface area contributed by atoms with Crippen molar-refractivity contribution in [2.24, 2.45) is 5.73 Å². The first-order valence-electron chi connectivity index (χ1n) is 3.94. The molecule has 12 heavy (non-hydrogen) atoms. The number of hydrogen-bond donors (Lipinski definition) is 1. The molecule has 1 aliphatic rings. The zero-order valence-corrected chi connectivity index (χ0v) is 8.99. The summed E-state index contributed by atoms with van der Waals surface area (Å²) in [5.41, 5.74) is 7.09. The van der Waals surface area contributed by atoms with Crippen LogP contribution in [0.2, 0.25) is 0 Å². The number of halogens is 1. The molecule has 64 valence electrons. The SMILES string of the molecule is NCC1CSc2cccc(Br)c21. The highest BCUT2D eigenvalue weighted by Crippen LogP contribution is 2.42. The number of hydrogen-bond acceptors (Lipinski definition) is 2. The lowest BCUT2D eigenvalue weighted by Crippen LogP contribution is -2.11. The van der Waals surface area contributed by atoms with E-state index in [4.69, 9.17) is 5.73 Å². The standard InChI is InChI=1S/C9H10BrNS/c10-7-2-1-3-8-9(7)6(4-11)5-12-8/h1-3,6H,4-5,11H2. The van der Waals surface area contributed by atoms with Crippen molar-refractivity contribution in [1.82, 2.24) is 0 Å². The molecule has 2 N–H and O–H groups in total. The first-order valence-corrected chi connectivity index (χ1v) is 5.72. The second-order valence-corrected chi connectivity index (χ2v) is 4.81. The molecule has 0 saturated carbocycles. The minimum absolute atomic E-state index is 0.542. The van der Waals surface area contributed by atoms with E-state index in [1.807, 2.05) is 11.8 Å². The van der Waals surface area contributed by atoms with Gasteiger partial charge in [0.25, 0.3) is 0 Å². The largest absolute Gasteiger partial charge is 0.330 e. The average molecular weight is 244 g/mol. The number of fused-ring (bicyclic) bond motifs is 1. The lowest BCUT2D eigenvalue weighted by Gasteiger charge is -2.08. The molecule has 1 unspecified atom stereocenters. The van der Waals surface area contributed by atoms with Crippen LogP contribution in [0.15, 0.2) is 27.6 Å². The van der Waals surface area contributed by atoms with Crippen molar-refractivity contribution in [3.8, 4) is 0 Å². The van der Waals surface area contributed by atoms with Gasteiger partial charge >= 0.3 is 0 Å². The van der Waals surface area contributed by atoms with Crippen molar-refractivity contribution in [3.63, 3.8) is 0 Å². The fourth-order valence-electron chi connectivity index (χ4n) is 1.50. The van der Waals surface area contributed by atoms with Crippen LogP contribution >= 0.6 is 27.7 Å². The molecule has 0 aromatic heterocycles. The number of rotatable bonds is 1. The Kier molecular flexibility index (Phi) is 2.44. The first-order chi connectivity index (χ1) is 5.83. The Labute approximate surface area is 84.9 Å². The molecule has 0 spiro atoms. The van der Waals surface area contributed by atoms with Gasteiger partial charge in [-0.05, 0) is 17.7 Å². The van der Waals surface area contributed by atoms with Crippen LogP contribution in [-0.4, -0.2) is 12.3 Å². The van der Waals surface area contributed by atoms with E-state index in [1.54, 1.807) is 0 Å². The van der Waals surface area contributed by atoms with Gasteiger partial charge in [-0.25, -0.2) is 0 Å². The molecule has 1 aliphatic heterocycles. The van der Waals surface area contributed by atoms with Gasteiger partial charge in [0.2, 0.25) is 0 Å². The van der Waals surface area contributed by atoms with E-state index in [2.05, 4.69) is 34.1 Å². The Hall–Kier alpha value is 0.01000. The van der Waals surface area contributed by atoms with E-state index in [-0.39, 0.29) is 0 Å². The number of thioether (sulfide) groups is 1. The van der Waals surface area contributed by atoms with Crippen molar-refractivity contribution in [2.75, 3.05) is 12.3 Å². The Bertz CT molecular complexity index is 301. The second-order valence-electron chi connectivity index (χ2n) is 2.90. The summed E-state index contributed by atoms with van der Waals surface area (Å²) >= 11 is 5.46. The Morgan fingerprint density at radius 2 is 2.42 bits per heavy atom. The molecule has 1 aromatic rings. The van der Waals surface area contributed by atoms with E-state index in [1.165, 1.54) is 14.9 Å². The minimum atomic E-state index is 0.542. The third-order valence-corrected chi connectivity index (χ3v) is 4.07. The summed E-state index contributed by atoms with van der Waals surface area (Å²) < 4.78 is 1.21. The van der Waals surface area contributed by atoms with E-state index in [0.717, 1.165) is 12.3 Å².